The predicted molar refractivity (Wildman–Crippen MR) is 63.9 cm³/mol. The summed E-state index contributed by atoms with van der Waals surface area (Å²) in [7, 11) is 1.42. The van der Waals surface area contributed by atoms with Crippen LogP contribution in [0.15, 0.2) is 6.07 Å². The Hall–Kier alpha value is -1.29. The molecular formula is C13H18FNO2. The third-order valence-electron chi connectivity index (χ3n) is 3.86. The molecule has 4 heteroatoms. The second-order valence-electron chi connectivity index (χ2n) is 4.77. The maximum absolute atomic E-state index is 14.1. The molecule has 1 aromatic carbocycles. The first-order chi connectivity index (χ1) is 8.05. The first-order valence-corrected chi connectivity index (χ1v) is 5.82. The molecule has 0 radical (unpaired) electrons. The van der Waals surface area contributed by atoms with Gasteiger partial charge in [0.1, 0.15) is 0 Å². The molecule has 94 valence electrons. The monoisotopic (exact) mass is 239 g/mol. The van der Waals surface area contributed by atoms with Gasteiger partial charge >= 0.3 is 0 Å². The van der Waals surface area contributed by atoms with Crippen molar-refractivity contribution in [1.29, 1.82) is 0 Å². The van der Waals surface area contributed by atoms with Crippen molar-refractivity contribution in [3.8, 4) is 11.5 Å². The van der Waals surface area contributed by atoms with E-state index >= 15 is 0 Å². The van der Waals surface area contributed by atoms with E-state index in [1.54, 1.807) is 13.0 Å². The van der Waals surface area contributed by atoms with Gasteiger partial charge in [-0.2, -0.15) is 0 Å². The lowest BCUT2D eigenvalue weighted by molar-refractivity contribution is 0.240. The molecule has 2 rings (SSSR count). The summed E-state index contributed by atoms with van der Waals surface area (Å²) >= 11 is 0. The van der Waals surface area contributed by atoms with Crippen molar-refractivity contribution in [3.63, 3.8) is 0 Å². The van der Waals surface area contributed by atoms with Crippen molar-refractivity contribution in [2.75, 3.05) is 13.7 Å². The quantitative estimate of drug-likeness (QED) is 0.850. The number of benzene rings is 1. The van der Waals surface area contributed by atoms with Gasteiger partial charge in [-0.05, 0) is 37.0 Å². The summed E-state index contributed by atoms with van der Waals surface area (Å²) in [6, 6.07) is 1.75. The fourth-order valence-corrected chi connectivity index (χ4v) is 2.59. The SMILES string of the molecule is COc1c(C)cc(C2(CN)CCC2)c(F)c1O. The van der Waals surface area contributed by atoms with Gasteiger partial charge in [0.2, 0.25) is 0 Å². The normalized spacial score (nSPS) is 17.6. The molecule has 0 aliphatic heterocycles. The standard InChI is InChI=1S/C13H18FNO2/c1-8-6-9(13(7-15)4-3-5-13)10(14)11(16)12(8)17-2/h6,16H,3-5,7,15H2,1-2H3. The fraction of sp³-hybridized carbons (Fsp3) is 0.538. The average Bonchev–Trinajstić information content (AvgIpc) is 2.25. The van der Waals surface area contributed by atoms with Crippen molar-refractivity contribution in [3.05, 3.63) is 23.0 Å². The van der Waals surface area contributed by atoms with Crippen LogP contribution in [0.2, 0.25) is 0 Å². The minimum Gasteiger partial charge on any atom is -0.502 e. The third kappa shape index (κ3) is 1.67. The Morgan fingerprint density at radius 2 is 2.18 bits per heavy atom. The number of aromatic hydroxyl groups is 1. The Balaban J connectivity index is 2.56. The number of nitrogens with two attached hydrogens (primary N) is 1. The second-order valence-corrected chi connectivity index (χ2v) is 4.77. The maximum Gasteiger partial charge on any atom is 0.194 e. The first kappa shape index (κ1) is 12.2. The van der Waals surface area contributed by atoms with Gasteiger partial charge in [0.05, 0.1) is 7.11 Å². The largest absolute Gasteiger partial charge is 0.502 e. The molecule has 1 aliphatic rings. The summed E-state index contributed by atoms with van der Waals surface area (Å²) < 4.78 is 19.1. The van der Waals surface area contributed by atoms with E-state index in [9.17, 15) is 9.50 Å². The number of methoxy groups -OCH3 is 1. The van der Waals surface area contributed by atoms with Crippen molar-refractivity contribution in [1.82, 2.24) is 0 Å². The summed E-state index contributed by atoms with van der Waals surface area (Å²) in [5.74, 6) is -0.780. The Morgan fingerprint density at radius 3 is 2.59 bits per heavy atom. The van der Waals surface area contributed by atoms with Crippen molar-refractivity contribution in [2.24, 2.45) is 5.73 Å². The fourth-order valence-electron chi connectivity index (χ4n) is 2.59. The molecule has 1 saturated carbocycles. The second kappa shape index (κ2) is 4.18. The number of phenols is 1. The Morgan fingerprint density at radius 1 is 1.53 bits per heavy atom. The zero-order chi connectivity index (χ0) is 12.6. The average molecular weight is 239 g/mol. The minimum atomic E-state index is -0.586. The molecule has 3 nitrogen and oxygen atoms in total. The zero-order valence-corrected chi connectivity index (χ0v) is 10.2. The van der Waals surface area contributed by atoms with Gasteiger partial charge in [-0.1, -0.05) is 6.42 Å². The Bertz CT molecular complexity index is 436. The maximum atomic E-state index is 14.1. The lowest BCUT2D eigenvalue weighted by Crippen LogP contribution is -2.42. The van der Waals surface area contributed by atoms with Crippen LogP contribution >= 0.6 is 0 Å². The van der Waals surface area contributed by atoms with Crippen LogP contribution in [0, 0.1) is 12.7 Å². The van der Waals surface area contributed by atoms with E-state index in [4.69, 9.17) is 10.5 Å². The van der Waals surface area contributed by atoms with Crippen LogP contribution in [0.25, 0.3) is 0 Å². The van der Waals surface area contributed by atoms with Crippen LogP contribution in [0.4, 0.5) is 4.39 Å². The number of hydrogen-bond acceptors (Lipinski definition) is 3. The third-order valence-corrected chi connectivity index (χ3v) is 3.86. The number of halogens is 1. The van der Waals surface area contributed by atoms with Crippen LogP contribution in [0.3, 0.4) is 0 Å². The molecule has 0 spiro atoms. The number of ether oxygens (including phenoxy) is 1. The van der Waals surface area contributed by atoms with Gasteiger partial charge in [0.15, 0.2) is 17.3 Å². The van der Waals surface area contributed by atoms with E-state index < -0.39 is 11.6 Å². The summed E-state index contributed by atoms with van der Waals surface area (Å²) in [6.07, 6.45) is 2.82. The molecule has 1 fully saturated rings. The molecule has 1 aliphatic carbocycles. The summed E-state index contributed by atoms with van der Waals surface area (Å²) in [4.78, 5) is 0. The lowest BCUT2D eigenvalue weighted by Gasteiger charge is -2.42. The summed E-state index contributed by atoms with van der Waals surface area (Å²) in [6.45, 7) is 2.21. The molecule has 17 heavy (non-hydrogen) atoms. The van der Waals surface area contributed by atoms with E-state index in [0.29, 0.717) is 12.1 Å². The van der Waals surface area contributed by atoms with Crippen molar-refractivity contribution < 1.29 is 14.2 Å². The molecular weight excluding hydrogens is 221 g/mol. The van der Waals surface area contributed by atoms with Crippen molar-refractivity contribution >= 4 is 0 Å². The van der Waals surface area contributed by atoms with Gasteiger partial charge < -0.3 is 15.6 Å². The van der Waals surface area contributed by atoms with Crippen LogP contribution in [-0.2, 0) is 5.41 Å². The van der Waals surface area contributed by atoms with Gasteiger partial charge in [-0.15, -0.1) is 0 Å². The predicted octanol–water partition coefficient (Wildman–Crippen LogP) is 2.23. The summed E-state index contributed by atoms with van der Waals surface area (Å²) in [5.41, 5.74) is 6.73. The van der Waals surface area contributed by atoms with Gasteiger partial charge in [0, 0.05) is 12.0 Å². The highest BCUT2D eigenvalue weighted by Crippen LogP contribution is 2.47. The van der Waals surface area contributed by atoms with Crippen LogP contribution in [-0.4, -0.2) is 18.8 Å². The van der Waals surface area contributed by atoms with Crippen LogP contribution < -0.4 is 10.5 Å². The van der Waals surface area contributed by atoms with E-state index in [1.807, 2.05) is 0 Å². The van der Waals surface area contributed by atoms with Crippen LogP contribution in [0.5, 0.6) is 11.5 Å². The smallest absolute Gasteiger partial charge is 0.194 e. The number of phenolic OH excluding ortho intramolecular Hbond substituents is 1. The highest BCUT2D eigenvalue weighted by Gasteiger charge is 2.40. The molecule has 0 unspecified atom stereocenters. The number of aryl methyl sites for hydroxylation is 1. The Kier molecular flexibility index (Phi) is 3.00. The van der Waals surface area contributed by atoms with Crippen LogP contribution in [0.1, 0.15) is 30.4 Å². The Labute approximate surface area is 100 Å². The number of hydrogen-bond donors (Lipinski definition) is 2. The topological polar surface area (TPSA) is 55.5 Å². The van der Waals surface area contributed by atoms with E-state index in [2.05, 4.69) is 0 Å². The summed E-state index contributed by atoms with van der Waals surface area (Å²) in [5, 5.41) is 9.80. The lowest BCUT2D eigenvalue weighted by atomic mass is 9.64. The first-order valence-electron chi connectivity index (χ1n) is 5.82. The number of rotatable bonds is 3. The van der Waals surface area contributed by atoms with Crippen molar-refractivity contribution in [2.45, 2.75) is 31.6 Å². The highest BCUT2D eigenvalue weighted by molar-refractivity contribution is 5.51. The molecule has 3 N–H and O–H groups in total. The van der Waals surface area contributed by atoms with Gasteiger partial charge in [-0.25, -0.2) is 4.39 Å². The molecule has 0 aromatic heterocycles. The molecule has 1 aromatic rings. The van der Waals surface area contributed by atoms with E-state index in [0.717, 1.165) is 24.8 Å². The molecule has 0 bridgehead atoms. The molecule has 0 amide bonds. The van der Waals surface area contributed by atoms with Gasteiger partial charge in [0.25, 0.3) is 0 Å². The van der Waals surface area contributed by atoms with Gasteiger partial charge in [-0.3, -0.25) is 0 Å². The molecule has 0 saturated heterocycles. The molecule has 0 heterocycles. The highest BCUT2D eigenvalue weighted by atomic mass is 19.1. The minimum absolute atomic E-state index is 0.206. The van der Waals surface area contributed by atoms with E-state index in [-0.39, 0.29) is 11.2 Å². The molecule has 0 atom stereocenters. The zero-order valence-electron chi connectivity index (χ0n) is 10.2. The van der Waals surface area contributed by atoms with E-state index in [1.165, 1.54) is 7.11 Å².